The summed E-state index contributed by atoms with van der Waals surface area (Å²) < 4.78 is 0. The quantitative estimate of drug-likeness (QED) is 0.594. The molecule has 0 fully saturated rings. The third-order valence-corrected chi connectivity index (χ3v) is 2.32. The van der Waals surface area contributed by atoms with E-state index >= 15 is 0 Å². The predicted octanol–water partition coefficient (Wildman–Crippen LogP) is 1.15. The monoisotopic (exact) mass is 184 g/mol. The number of rotatable bonds is 0. The molecule has 0 amide bonds. The Balaban J connectivity index is 2.46. The second-order valence-electron chi connectivity index (χ2n) is 2.72. The second-order valence-corrected chi connectivity index (χ2v) is 3.24. The van der Waals surface area contributed by atoms with Gasteiger partial charge >= 0.3 is 0 Å². The first-order valence-corrected chi connectivity index (χ1v) is 4.21. The van der Waals surface area contributed by atoms with Crippen molar-refractivity contribution in [1.29, 1.82) is 0 Å². The molecule has 12 heavy (non-hydrogen) atoms. The van der Waals surface area contributed by atoms with Gasteiger partial charge in [0.05, 0.1) is 5.38 Å². The van der Waals surface area contributed by atoms with Gasteiger partial charge in [0.15, 0.2) is 0 Å². The van der Waals surface area contributed by atoms with Crippen LogP contribution in [0.1, 0.15) is 17.4 Å². The third-order valence-electron chi connectivity index (χ3n) is 1.86. The van der Waals surface area contributed by atoms with Gasteiger partial charge in [-0.25, -0.2) is 4.98 Å². The molecule has 3 N–H and O–H groups in total. The summed E-state index contributed by atoms with van der Waals surface area (Å²) in [5.41, 5.74) is 6.36. The van der Waals surface area contributed by atoms with Gasteiger partial charge in [-0.05, 0) is 6.42 Å². The molecular formula is C7H9ClN4. The molecule has 2 heterocycles. The first-order valence-electron chi connectivity index (χ1n) is 3.78. The Hall–Kier alpha value is -1.03. The number of halogens is 1. The number of anilines is 2. The Labute approximate surface area is 75.2 Å². The average molecular weight is 185 g/mol. The molecule has 1 unspecified atom stereocenters. The Morgan fingerprint density at radius 1 is 1.67 bits per heavy atom. The van der Waals surface area contributed by atoms with Gasteiger partial charge < -0.3 is 11.1 Å². The molecule has 0 saturated carbocycles. The molecule has 1 aliphatic heterocycles. The summed E-state index contributed by atoms with van der Waals surface area (Å²) >= 11 is 6.04. The fraction of sp³-hybridized carbons (Fsp3) is 0.429. The average Bonchev–Trinajstić information content (AvgIpc) is 2.04. The Morgan fingerprint density at radius 2 is 2.50 bits per heavy atom. The van der Waals surface area contributed by atoms with Crippen LogP contribution in [0.4, 0.5) is 11.8 Å². The topological polar surface area (TPSA) is 63.8 Å². The number of aromatic nitrogens is 2. The van der Waals surface area contributed by atoms with E-state index in [1.165, 1.54) is 0 Å². The molecule has 0 saturated heterocycles. The molecule has 64 valence electrons. The van der Waals surface area contributed by atoms with E-state index in [0.717, 1.165) is 24.3 Å². The number of hydrogen-bond donors (Lipinski definition) is 2. The molecule has 1 aromatic heterocycles. The van der Waals surface area contributed by atoms with Crippen LogP contribution in [0.3, 0.4) is 0 Å². The van der Waals surface area contributed by atoms with Gasteiger partial charge in [0, 0.05) is 18.3 Å². The Kier molecular flexibility index (Phi) is 1.77. The van der Waals surface area contributed by atoms with Gasteiger partial charge in [-0.3, -0.25) is 0 Å². The van der Waals surface area contributed by atoms with E-state index in [9.17, 15) is 0 Å². The highest BCUT2D eigenvalue weighted by molar-refractivity contribution is 6.21. The van der Waals surface area contributed by atoms with E-state index in [-0.39, 0.29) is 11.3 Å². The lowest BCUT2D eigenvalue weighted by atomic mass is 10.1. The minimum atomic E-state index is 0.0156. The van der Waals surface area contributed by atoms with Gasteiger partial charge in [-0.15, -0.1) is 11.6 Å². The maximum atomic E-state index is 6.04. The number of hydrogen-bond acceptors (Lipinski definition) is 4. The van der Waals surface area contributed by atoms with Crippen LogP contribution in [0.2, 0.25) is 0 Å². The zero-order valence-electron chi connectivity index (χ0n) is 6.42. The summed E-state index contributed by atoms with van der Waals surface area (Å²) in [5, 5.41) is 3.13. The molecule has 0 bridgehead atoms. The number of nitrogen functional groups attached to an aromatic ring is 1. The molecule has 0 aromatic carbocycles. The molecule has 0 radical (unpaired) electrons. The molecule has 0 aliphatic carbocycles. The van der Waals surface area contributed by atoms with Crippen molar-refractivity contribution in [2.24, 2.45) is 0 Å². The number of nitrogens with one attached hydrogen (secondary N) is 1. The largest absolute Gasteiger partial charge is 0.370 e. The number of fused-ring (bicyclic) bond motifs is 1. The molecule has 1 aromatic rings. The Morgan fingerprint density at radius 3 is 3.33 bits per heavy atom. The molecular weight excluding hydrogens is 176 g/mol. The van der Waals surface area contributed by atoms with E-state index in [1.54, 1.807) is 6.20 Å². The summed E-state index contributed by atoms with van der Waals surface area (Å²) in [7, 11) is 0. The van der Waals surface area contributed by atoms with Crippen molar-refractivity contribution in [3.05, 3.63) is 11.8 Å². The van der Waals surface area contributed by atoms with Gasteiger partial charge in [-0.2, -0.15) is 4.98 Å². The number of nitrogens with zero attached hydrogens (tertiary/aromatic N) is 2. The summed E-state index contributed by atoms with van der Waals surface area (Å²) in [6.07, 6.45) is 2.59. The van der Waals surface area contributed by atoms with Crippen LogP contribution < -0.4 is 11.1 Å². The lowest BCUT2D eigenvalue weighted by Crippen LogP contribution is -2.16. The van der Waals surface area contributed by atoms with Crippen molar-refractivity contribution >= 4 is 23.4 Å². The van der Waals surface area contributed by atoms with Gasteiger partial charge in [0.2, 0.25) is 5.95 Å². The van der Waals surface area contributed by atoms with Crippen LogP contribution in [0.15, 0.2) is 6.20 Å². The van der Waals surface area contributed by atoms with Crippen molar-refractivity contribution in [1.82, 2.24) is 9.97 Å². The van der Waals surface area contributed by atoms with Gasteiger partial charge in [0.1, 0.15) is 5.82 Å². The Bertz CT molecular complexity index is 301. The van der Waals surface area contributed by atoms with Crippen LogP contribution in [-0.2, 0) is 0 Å². The normalized spacial score (nSPS) is 21.2. The smallest absolute Gasteiger partial charge is 0.221 e. The predicted molar refractivity (Wildman–Crippen MR) is 48.1 cm³/mol. The van der Waals surface area contributed by atoms with Crippen LogP contribution >= 0.6 is 11.6 Å². The molecule has 1 atom stereocenters. The zero-order valence-corrected chi connectivity index (χ0v) is 7.17. The minimum absolute atomic E-state index is 0.0156. The van der Waals surface area contributed by atoms with Crippen LogP contribution in [-0.4, -0.2) is 16.5 Å². The first-order chi connectivity index (χ1) is 5.77. The number of nitrogens with two attached hydrogens (primary N) is 1. The fourth-order valence-corrected chi connectivity index (χ4v) is 1.52. The lowest BCUT2D eigenvalue weighted by molar-refractivity contribution is 0.784. The van der Waals surface area contributed by atoms with Crippen molar-refractivity contribution in [2.75, 3.05) is 17.6 Å². The third kappa shape index (κ3) is 1.18. The van der Waals surface area contributed by atoms with E-state index < -0.39 is 0 Å². The molecule has 1 aliphatic rings. The van der Waals surface area contributed by atoms with Crippen LogP contribution in [0, 0.1) is 0 Å². The molecule has 2 rings (SSSR count). The van der Waals surface area contributed by atoms with Gasteiger partial charge in [-0.1, -0.05) is 0 Å². The molecule has 4 nitrogen and oxygen atoms in total. The highest BCUT2D eigenvalue weighted by Gasteiger charge is 2.19. The standard InChI is InChI=1S/C7H9ClN4/c8-5-1-2-10-6-4(5)3-11-7(9)12-6/h3,5H,1-2H2,(H3,9,10,11,12). The van der Waals surface area contributed by atoms with Crippen molar-refractivity contribution in [2.45, 2.75) is 11.8 Å². The highest BCUT2D eigenvalue weighted by atomic mass is 35.5. The maximum absolute atomic E-state index is 6.04. The maximum Gasteiger partial charge on any atom is 0.221 e. The van der Waals surface area contributed by atoms with Crippen molar-refractivity contribution in [3.63, 3.8) is 0 Å². The summed E-state index contributed by atoms with van der Waals surface area (Å²) in [6, 6.07) is 0. The lowest BCUT2D eigenvalue weighted by Gasteiger charge is -2.20. The highest BCUT2D eigenvalue weighted by Crippen LogP contribution is 2.32. The van der Waals surface area contributed by atoms with E-state index in [0.29, 0.717) is 0 Å². The number of alkyl halides is 1. The zero-order chi connectivity index (χ0) is 8.55. The van der Waals surface area contributed by atoms with Crippen molar-refractivity contribution in [3.8, 4) is 0 Å². The van der Waals surface area contributed by atoms with E-state index in [4.69, 9.17) is 17.3 Å². The SMILES string of the molecule is Nc1ncc2c(n1)NCCC2Cl. The van der Waals surface area contributed by atoms with Crippen molar-refractivity contribution < 1.29 is 0 Å². The minimum Gasteiger partial charge on any atom is -0.370 e. The second kappa shape index (κ2) is 2.79. The fourth-order valence-electron chi connectivity index (χ4n) is 1.25. The summed E-state index contributed by atoms with van der Waals surface area (Å²) in [4.78, 5) is 7.92. The molecule has 5 heteroatoms. The van der Waals surface area contributed by atoms with Crippen LogP contribution in [0.25, 0.3) is 0 Å². The van der Waals surface area contributed by atoms with E-state index in [1.807, 2.05) is 0 Å². The van der Waals surface area contributed by atoms with E-state index in [2.05, 4.69) is 15.3 Å². The summed E-state index contributed by atoms with van der Waals surface area (Å²) in [5.74, 6) is 1.06. The van der Waals surface area contributed by atoms with Gasteiger partial charge in [0.25, 0.3) is 0 Å². The first kappa shape index (κ1) is 7.61. The van der Waals surface area contributed by atoms with Crippen LogP contribution in [0.5, 0.6) is 0 Å². The summed E-state index contributed by atoms with van der Waals surface area (Å²) in [6.45, 7) is 0.845. The molecule has 0 spiro atoms.